The van der Waals surface area contributed by atoms with Crippen LogP contribution in [0.3, 0.4) is 0 Å². The minimum absolute atomic E-state index is 0.132. The van der Waals surface area contributed by atoms with Crippen molar-refractivity contribution in [2.45, 2.75) is 39.0 Å². The maximum Gasteiger partial charge on any atom is 0.287 e. The van der Waals surface area contributed by atoms with Crippen LogP contribution < -0.4 is 5.32 Å². The van der Waals surface area contributed by atoms with Gasteiger partial charge in [-0.05, 0) is 26.3 Å². The molecule has 23 heavy (non-hydrogen) atoms. The Morgan fingerprint density at radius 2 is 2.30 bits per heavy atom. The van der Waals surface area contributed by atoms with Gasteiger partial charge in [0.2, 0.25) is 0 Å². The minimum atomic E-state index is -0.288. The molecule has 0 aliphatic carbocycles. The number of hydrogen-bond acceptors (Lipinski definition) is 5. The van der Waals surface area contributed by atoms with Crippen molar-refractivity contribution in [2.75, 3.05) is 6.61 Å². The van der Waals surface area contributed by atoms with Crippen LogP contribution in [0.5, 0.6) is 0 Å². The number of nitrogens with zero attached hydrogens (tertiary/aromatic N) is 2. The van der Waals surface area contributed by atoms with E-state index in [1.807, 2.05) is 20.2 Å². The summed E-state index contributed by atoms with van der Waals surface area (Å²) in [5.74, 6) is 0.335. The summed E-state index contributed by atoms with van der Waals surface area (Å²) >= 11 is 0. The van der Waals surface area contributed by atoms with Crippen LogP contribution in [-0.2, 0) is 18.4 Å². The van der Waals surface area contributed by atoms with Crippen LogP contribution in [0.25, 0.3) is 0 Å². The van der Waals surface area contributed by atoms with E-state index in [2.05, 4.69) is 10.4 Å². The second-order valence-corrected chi connectivity index (χ2v) is 5.89. The van der Waals surface area contributed by atoms with Gasteiger partial charge in [0.05, 0.1) is 11.7 Å². The SMILES string of the molecule is Cc1cc(CO)oc1C(=O)N[C@H]1CCO[C@@H]1c1cn(C)nc1C. The van der Waals surface area contributed by atoms with Crippen molar-refractivity contribution >= 4 is 5.91 Å². The van der Waals surface area contributed by atoms with Gasteiger partial charge in [-0.1, -0.05) is 0 Å². The van der Waals surface area contributed by atoms with E-state index in [1.165, 1.54) is 0 Å². The number of aryl methyl sites for hydroxylation is 3. The molecule has 1 aliphatic rings. The number of carbonyl (C=O) groups is 1. The number of aliphatic hydroxyl groups excluding tert-OH is 1. The van der Waals surface area contributed by atoms with Crippen molar-refractivity contribution in [3.8, 4) is 0 Å². The first-order valence-corrected chi connectivity index (χ1v) is 7.62. The summed E-state index contributed by atoms with van der Waals surface area (Å²) in [4.78, 5) is 12.5. The zero-order chi connectivity index (χ0) is 16.6. The molecule has 3 heterocycles. The molecule has 3 rings (SSSR count). The molecular weight excluding hydrogens is 298 g/mol. The van der Waals surface area contributed by atoms with Gasteiger partial charge >= 0.3 is 0 Å². The Labute approximate surface area is 134 Å². The lowest BCUT2D eigenvalue weighted by Crippen LogP contribution is -2.37. The van der Waals surface area contributed by atoms with Gasteiger partial charge in [0.15, 0.2) is 5.76 Å². The average molecular weight is 319 g/mol. The van der Waals surface area contributed by atoms with Gasteiger partial charge < -0.3 is 19.6 Å². The van der Waals surface area contributed by atoms with Crippen molar-refractivity contribution in [1.82, 2.24) is 15.1 Å². The van der Waals surface area contributed by atoms with Crippen LogP contribution in [0.1, 0.15) is 45.7 Å². The second-order valence-electron chi connectivity index (χ2n) is 5.89. The first kappa shape index (κ1) is 15.8. The molecule has 2 aromatic heterocycles. The molecule has 0 bridgehead atoms. The Morgan fingerprint density at radius 3 is 2.91 bits per heavy atom. The van der Waals surface area contributed by atoms with Gasteiger partial charge in [-0.3, -0.25) is 9.48 Å². The van der Waals surface area contributed by atoms with Crippen molar-refractivity contribution in [2.24, 2.45) is 7.05 Å². The van der Waals surface area contributed by atoms with Crippen molar-refractivity contribution in [1.29, 1.82) is 0 Å². The molecule has 2 atom stereocenters. The van der Waals surface area contributed by atoms with Gasteiger partial charge in [0.25, 0.3) is 5.91 Å². The zero-order valence-electron chi connectivity index (χ0n) is 13.5. The molecule has 0 unspecified atom stereocenters. The van der Waals surface area contributed by atoms with E-state index >= 15 is 0 Å². The first-order chi connectivity index (χ1) is 11.0. The summed E-state index contributed by atoms with van der Waals surface area (Å²) in [6.07, 6.45) is 2.45. The number of nitrogens with one attached hydrogen (secondary N) is 1. The third kappa shape index (κ3) is 3.02. The summed E-state index contributed by atoms with van der Waals surface area (Å²) in [5, 5.41) is 16.4. The predicted octanol–water partition coefficient (Wildman–Crippen LogP) is 1.38. The number of carbonyl (C=O) groups excluding carboxylic acids is 1. The molecular formula is C16H21N3O4. The monoisotopic (exact) mass is 319 g/mol. The third-order valence-corrected chi connectivity index (χ3v) is 4.10. The lowest BCUT2D eigenvalue weighted by molar-refractivity contribution is 0.0795. The van der Waals surface area contributed by atoms with Gasteiger partial charge in [0.1, 0.15) is 18.5 Å². The van der Waals surface area contributed by atoms with E-state index in [0.717, 1.165) is 17.7 Å². The number of rotatable bonds is 4. The van der Waals surface area contributed by atoms with E-state index < -0.39 is 0 Å². The zero-order valence-corrected chi connectivity index (χ0v) is 13.5. The van der Waals surface area contributed by atoms with Crippen LogP contribution >= 0.6 is 0 Å². The van der Waals surface area contributed by atoms with Crippen LogP contribution in [0, 0.1) is 13.8 Å². The molecule has 0 aromatic carbocycles. The highest BCUT2D eigenvalue weighted by molar-refractivity contribution is 5.93. The second kappa shape index (κ2) is 6.17. The van der Waals surface area contributed by atoms with Crippen LogP contribution in [0.15, 0.2) is 16.7 Å². The molecule has 1 amide bonds. The normalized spacial score (nSPS) is 20.9. The Kier molecular flexibility index (Phi) is 4.23. The average Bonchev–Trinajstić information content (AvgIpc) is 3.18. The largest absolute Gasteiger partial charge is 0.453 e. The van der Waals surface area contributed by atoms with E-state index in [9.17, 15) is 4.79 Å². The maximum absolute atomic E-state index is 12.5. The summed E-state index contributed by atoms with van der Waals surface area (Å²) in [6.45, 7) is 4.08. The highest BCUT2D eigenvalue weighted by atomic mass is 16.5. The standard InChI is InChI=1S/C16H21N3O4/c1-9-6-11(8-20)23-14(9)16(21)17-13-4-5-22-15(13)12-7-19(3)18-10(12)2/h6-7,13,15,20H,4-5,8H2,1-3H3,(H,17,21)/t13-,15+/m0/s1. The lowest BCUT2D eigenvalue weighted by Gasteiger charge is -2.19. The smallest absolute Gasteiger partial charge is 0.287 e. The highest BCUT2D eigenvalue weighted by Gasteiger charge is 2.34. The van der Waals surface area contributed by atoms with Crippen LogP contribution in [-0.4, -0.2) is 33.4 Å². The van der Waals surface area contributed by atoms with Gasteiger partial charge in [-0.15, -0.1) is 0 Å². The van der Waals surface area contributed by atoms with E-state index in [1.54, 1.807) is 17.7 Å². The molecule has 0 spiro atoms. The lowest BCUT2D eigenvalue weighted by atomic mass is 10.0. The topological polar surface area (TPSA) is 89.5 Å². The quantitative estimate of drug-likeness (QED) is 0.889. The Morgan fingerprint density at radius 1 is 1.52 bits per heavy atom. The summed E-state index contributed by atoms with van der Waals surface area (Å²) in [5.41, 5.74) is 2.59. The van der Waals surface area contributed by atoms with Crippen molar-refractivity contribution in [3.05, 3.63) is 40.6 Å². The van der Waals surface area contributed by atoms with Crippen molar-refractivity contribution in [3.63, 3.8) is 0 Å². The fourth-order valence-corrected chi connectivity index (χ4v) is 3.03. The molecule has 0 radical (unpaired) electrons. The summed E-state index contributed by atoms with van der Waals surface area (Å²) < 4.78 is 12.9. The van der Waals surface area contributed by atoms with Gasteiger partial charge in [-0.2, -0.15) is 5.10 Å². The van der Waals surface area contributed by atoms with E-state index in [4.69, 9.17) is 14.3 Å². The van der Waals surface area contributed by atoms with Crippen molar-refractivity contribution < 1.29 is 19.1 Å². The highest BCUT2D eigenvalue weighted by Crippen LogP contribution is 2.31. The van der Waals surface area contributed by atoms with E-state index in [-0.39, 0.29) is 30.4 Å². The Balaban J connectivity index is 1.77. The summed E-state index contributed by atoms with van der Waals surface area (Å²) in [7, 11) is 1.86. The number of aromatic nitrogens is 2. The molecule has 124 valence electrons. The number of aliphatic hydroxyl groups is 1. The Bertz CT molecular complexity index is 719. The Hall–Kier alpha value is -2.12. The van der Waals surface area contributed by atoms with E-state index in [0.29, 0.717) is 17.9 Å². The van der Waals surface area contributed by atoms with Gasteiger partial charge in [-0.25, -0.2) is 0 Å². The minimum Gasteiger partial charge on any atom is -0.453 e. The molecule has 1 aliphatic heterocycles. The molecule has 1 fully saturated rings. The third-order valence-electron chi connectivity index (χ3n) is 4.10. The van der Waals surface area contributed by atoms with Crippen LogP contribution in [0.4, 0.5) is 0 Å². The molecule has 2 aromatic rings. The van der Waals surface area contributed by atoms with Gasteiger partial charge in [0, 0.05) is 31.0 Å². The van der Waals surface area contributed by atoms with Crippen LogP contribution in [0.2, 0.25) is 0 Å². The predicted molar refractivity (Wildman–Crippen MR) is 81.9 cm³/mol. The summed E-state index contributed by atoms with van der Waals surface area (Å²) in [6, 6.07) is 1.54. The molecule has 7 heteroatoms. The molecule has 1 saturated heterocycles. The number of ether oxygens (including phenoxy) is 1. The number of hydrogen-bond donors (Lipinski definition) is 2. The molecule has 0 saturated carbocycles. The fraction of sp³-hybridized carbons (Fsp3) is 0.500. The number of furan rings is 1. The molecule has 2 N–H and O–H groups in total. The number of amides is 1. The fourth-order valence-electron chi connectivity index (χ4n) is 3.03. The first-order valence-electron chi connectivity index (χ1n) is 7.62. The maximum atomic E-state index is 12.5. The molecule has 7 nitrogen and oxygen atoms in total.